The number of rotatable bonds is 6. The van der Waals surface area contributed by atoms with Crippen molar-refractivity contribution in [2.75, 3.05) is 13.7 Å². The molecule has 172 valence electrons. The Kier molecular flexibility index (Phi) is 5.75. The summed E-state index contributed by atoms with van der Waals surface area (Å²) in [6, 6.07) is 15.2. The van der Waals surface area contributed by atoms with Crippen LogP contribution in [0.5, 0.6) is 5.75 Å². The lowest BCUT2D eigenvalue weighted by atomic mass is 9.99. The molecule has 3 heterocycles. The molecule has 2 aromatic carbocycles. The molecule has 5 rings (SSSR count). The first kappa shape index (κ1) is 22.0. The first-order chi connectivity index (χ1) is 16.5. The van der Waals surface area contributed by atoms with Crippen LogP contribution in [0.3, 0.4) is 0 Å². The molecule has 8 heteroatoms. The number of hydrogen-bond donors (Lipinski definition) is 2. The number of amides is 1. The molecule has 2 aromatic heterocycles. The van der Waals surface area contributed by atoms with Crippen LogP contribution in [-0.4, -0.2) is 40.3 Å². The molecule has 1 amide bonds. The van der Waals surface area contributed by atoms with E-state index in [1.165, 1.54) is 11.2 Å². The van der Waals surface area contributed by atoms with Crippen molar-refractivity contribution in [3.05, 3.63) is 94.0 Å². The maximum absolute atomic E-state index is 13.1. The molecule has 7 nitrogen and oxygen atoms in total. The Morgan fingerprint density at radius 2 is 1.97 bits per heavy atom. The van der Waals surface area contributed by atoms with Gasteiger partial charge in [-0.25, -0.2) is 0 Å². The molecule has 2 N–H and O–H groups in total. The first-order valence-electron chi connectivity index (χ1n) is 10.7. The van der Waals surface area contributed by atoms with Crippen molar-refractivity contribution in [3.8, 4) is 5.75 Å². The third-order valence-electron chi connectivity index (χ3n) is 6.07. The van der Waals surface area contributed by atoms with Crippen LogP contribution in [0.15, 0.2) is 81.5 Å². The molecule has 0 saturated carbocycles. The summed E-state index contributed by atoms with van der Waals surface area (Å²) in [5, 5.41) is 12.0. The van der Waals surface area contributed by atoms with Crippen molar-refractivity contribution >= 4 is 44.3 Å². The van der Waals surface area contributed by atoms with E-state index in [2.05, 4.69) is 20.9 Å². The molecule has 1 atom stereocenters. The number of carbonyl (C=O) groups excluding carboxylic acids is 2. The lowest BCUT2D eigenvalue weighted by molar-refractivity contribution is -0.140. The van der Waals surface area contributed by atoms with Gasteiger partial charge in [0, 0.05) is 33.7 Å². The van der Waals surface area contributed by atoms with Crippen LogP contribution in [0.25, 0.3) is 16.7 Å². The van der Waals surface area contributed by atoms with E-state index in [0.29, 0.717) is 17.7 Å². The standard InChI is InChI=1S/C26H21BrN2O5/c1-33-18-8-9-20-19(13-18)16(14-28-20)10-11-29-23(21-3-2-12-34-21)22(25(31)26(29)32)24(30)15-4-6-17(27)7-5-15/h2-9,12-14,23,28,30H,10-11H2,1H3/t23-/m1/s1. The second-order valence-corrected chi connectivity index (χ2v) is 8.91. The van der Waals surface area contributed by atoms with Crippen molar-refractivity contribution < 1.29 is 23.8 Å². The number of fused-ring (bicyclic) bond motifs is 1. The Balaban J connectivity index is 1.52. The number of carbonyl (C=O) groups is 2. The SMILES string of the molecule is COc1ccc2[nH]cc(CCN3C(=O)C(=O)C(=C(O)c4ccc(Br)cc4)[C@H]3c3ccco3)c2c1. The quantitative estimate of drug-likeness (QED) is 0.207. The number of aromatic amines is 1. The van der Waals surface area contributed by atoms with Crippen molar-refractivity contribution in [2.24, 2.45) is 0 Å². The van der Waals surface area contributed by atoms with E-state index >= 15 is 0 Å². The maximum Gasteiger partial charge on any atom is 0.295 e. The Morgan fingerprint density at radius 1 is 1.18 bits per heavy atom. The van der Waals surface area contributed by atoms with E-state index in [1.54, 1.807) is 43.5 Å². The number of nitrogens with zero attached hydrogens (tertiary/aromatic N) is 1. The van der Waals surface area contributed by atoms with Gasteiger partial charge in [-0.3, -0.25) is 9.59 Å². The van der Waals surface area contributed by atoms with Gasteiger partial charge in [0.1, 0.15) is 23.3 Å². The van der Waals surface area contributed by atoms with Gasteiger partial charge in [-0.2, -0.15) is 0 Å². The van der Waals surface area contributed by atoms with E-state index in [4.69, 9.17) is 9.15 Å². The monoisotopic (exact) mass is 520 g/mol. The van der Waals surface area contributed by atoms with Crippen LogP contribution in [0, 0.1) is 0 Å². The predicted molar refractivity (Wildman–Crippen MR) is 130 cm³/mol. The van der Waals surface area contributed by atoms with Crippen molar-refractivity contribution in [1.29, 1.82) is 0 Å². The molecule has 0 unspecified atom stereocenters. The Morgan fingerprint density at radius 3 is 2.68 bits per heavy atom. The molecule has 0 spiro atoms. The number of aromatic nitrogens is 1. The van der Waals surface area contributed by atoms with Crippen LogP contribution >= 0.6 is 15.9 Å². The molecule has 0 aliphatic carbocycles. The highest BCUT2D eigenvalue weighted by molar-refractivity contribution is 9.10. The molecular weight excluding hydrogens is 500 g/mol. The van der Waals surface area contributed by atoms with Gasteiger partial charge in [0.15, 0.2) is 0 Å². The summed E-state index contributed by atoms with van der Waals surface area (Å²) in [6.45, 7) is 0.261. The number of aliphatic hydroxyl groups is 1. The zero-order chi connectivity index (χ0) is 23.8. The van der Waals surface area contributed by atoms with Crippen LogP contribution in [0.2, 0.25) is 0 Å². The van der Waals surface area contributed by atoms with Crippen molar-refractivity contribution in [3.63, 3.8) is 0 Å². The normalized spacial score (nSPS) is 17.6. The summed E-state index contributed by atoms with van der Waals surface area (Å²) in [5.41, 5.74) is 2.40. The molecule has 0 radical (unpaired) electrons. The molecule has 34 heavy (non-hydrogen) atoms. The van der Waals surface area contributed by atoms with Gasteiger partial charge in [-0.1, -0.05) is 28.1 Å². The fraction of sp³-hybridized carbons (Fsp3) is 0.154. The minimum absolute atomic E-state index is 0.0165. The number of H-pyrrole nitrogens is 1. The largest absolute Gasteiger partial charge is 0.507 e. The van der Waals surface area contributed by atoms with E-state index < -0.39 is 17.7 Å². The lowest BCUT2D eigenvalue weighted by Gasteiger charge is -2.23. The average Bonchev–Trinajstić information content (AvgIpc) is 3.57. The predicted octanol–water partition coefficient (Wildman–Crippen LogP) is 5.20. The van der Waals surface area contributed by atoms with Crippen LogP contribution < -0.4 is 4.74 Å². The van der Waals surface area contributed by atoms with Crippen LogP contribution in [-0.2, 0) is 16.0 Å². The summed E-state index contributed by atoms with van der Waals surface area (Å²) < 4.78 is 11.8. The highest BCUT2D eigenvalue weighted by Crippen LogP contribution is 2.40. The number of ether oxygens (including phenoxy) is 1. The zero-order valence-electron chi connectivity index (χ0n) is 18.2. The number of benzene rings is 2. The van der Waals surface area contributed by atoms with E-state index in [9.17, 15) is 14.7 Å². The number of likely N-dealkylation sites (tertiary alicyclic amines) is 1. The summed E-state index contributed by atoms with van der Waals surface area (Å²) in [7, 11) is 1.61. The van der Waals surface area contributed by atoms with Gasteiger partial charge in [0.25, 0.3) is 11.7 Å². The fourth-order valence-electron chi connectivity index (χ4n) is 4.35. The van der Waals surface area contributed by atoms with E-state index in [0.717, 1.165) is 26.7 Å². The van der Waals surface area contributed by atoms with Gasteiger partial charge in [-0.15, -0.1) is 0 Å². The number of methoxy groups -OCH3 is 1. The third-order valence-corrected chi connectivity index (χ3v) is 6.60. The molecule has 0 bridgehead atoms. The summed E-state index contributed by atoms with van der Waals surface area (Å²) in [4.78, 5) is 30.9. The number of furan rings is 1. The first-order valence-corrected chi connectivity index (χ1v) is 11.5. The Labute approximate surface area is 203 Å². The summed E-state index contributed by atoms with van der Waals surface area (Å²) in [5.74, 6) is -0.483. The van der Waals surface area contributed by atoms with Crippen LogP contribution in [0.4, 0.5) is 0 Å². The second kappa shape index (κ2) is 8.87. The highest BCUT2D eigenvalue weighted by atomic mass is 79.9. The minimum atomic E-state index is -0.821. The van der Waals surface area contributed by atoms with Gasteiger partial charge in [-0.05, 0) is 54.4 Å². The number of ketones is 1. The van der Waals surface area contributed by atoms with Gasteiger partial charge in [0.05, 0.1) is 18.9 Å². The molecule has 1 saturated heterocycles. The van der Waals surface area contributed by atoms with Crippen molar-refractivity contribution in [2.45, 2.75) is 12.5 Å². The number of halogens is 1. The molecule has 1 aliphatic heterocycles. The number of hydrogen-bond acceptors (Lipinski definition) is 5. The van der Waals surface area contributed by atoms with E-state index in [-0.39, 0.29) is 17.9 Å². The molecule has 1 aliphatic rings. The Bertz CT molecular complexity index is 1400. The number of nitrogens with one attached hydrogen (secondary N) is 1. The average molecular weight is 521 g/mol. The molecule has 4 aromatic rings. The topological polar surface area (TPSA) is 95.8 Å². The van der Waals surface area contributed by atoms with Gasteiger partial charge in [0.2, 0.25) is 0 Å². The number of Topliss-reactive ketones (excluding diaryl/α,β-unsaturated/α-hetero) is 1. The maximum atomic E-state index is 13.1. The number of aliphatic hydroxyl groups excluding tert-OH is 1. The smallest absolute Gasteiger partial charge is 0.295 e. The third kappa shape index (κ3) is 3.80. The lowest BCUT2D eigenvalue weighted by Crippen LogP contribution is -2.31. The van der Waals surface area contributed by atoms with Crippen LogP contribution in [0.1, 0.15) is 22.9 Å². The summed E-state index contributed by atoms with van der Waals surface area (Å²) >= 11 is 3.37. The van der Waals surface area contributed by atoms with Gasteiger partial charge >= 0.3 is 0 Å². The fourth-order valence-corrected chi connectivity index (χ4v) is 4.61. The van der Waals surface area contributed by atoms with Crippen molar-refractivity contribution in [1.82, 2.24) is 9.88 Å². The van der Waals surface area contributed by atoms with Gasteiger partial charge < -0.3 is 24.1 Å². The zero-order valence-corrected chi connectivity index (χ0v) is 19.8. The minimum Gasteiger partial charge on any atom is -0.507 e. The Hall–Kier alpha value is -3.78. The molecular formula is C26H21BrN2O5. The molecule has 1 fully saturated rings. The second-order valence-electron chi connectivity index (χ2n) is 7.99. The van der Waals surface area contributed by atoms with E-state index in [1.807, 2.05) is 24.4 Å². The highest BCUT2D eigenvalue weighted by Gasteiger charge is 2.47. The summed E-state index contributed by atoms with van der Waals surface area (Å²) in [6.07, 6.45) is 3.88.